The Morgan fingerprint density at radius 2 is 1.73 bits per heavy atom. The first-order valence-electron chi connectivity index (χ1n) is 5.89. The lowest BCUT2D eigenvalue weighted by molar-refractivity contribution is 0.216. The molecule has 82 valence electrons. The van der Waals surface area contributed by atoms with Gasteiger partial charge in [0.1, 0.15) is 0 Å². The predicted octanol–water partition coefficient (Wildman–Crippen LogP) is 2.17. The monoisotopic (exact) mass is 204 g/mol. The minimum Gasteiger partial charge on any atom is -0.323 e. The van der Waals surface area contributed by atoms with Crippen LogP contribution in [0.3, 0.4) is 0 Å². The van der Waals surface area contributed by atoms with Crippen LogP contribution in [0.15, 0.2) is 30.3 Å². The lowest BCUT2D eigenvalue weighted by atomic mass is 10.1. The van der Waals surface area contributed by atoms with Crippen LogP contribution in [0.5, 0.6) is 0 Å². The molecule has 0 amide bonds. The van der Waals surface area contributed by atoms with Gasteiger partial charge in [-0.1, -0.05) is 36.8 Å². The Labute approximate surface area is 92.1 Å². The molecule has 1 aromatic rings. The average molecular weight is 204 g/mol. The van der Waals surface area contributed by atoms with Gasteiger partial charge in [-0.25, -0.2) is 0 Å². The maximum absolute atomic E-state index is 6.18. The summed E-state index contributed by atoms with van der Waals surface area (Å²) in [5.74, 6) is 0. The molecular formula is C13H20N2. The summed E-state index contributed by atoms with van der Waals surface area (Å²) in [7, 11) is 0. The van der Waals surface area contributed by atoms with E-state index in [1.54, 1.807) is 0 Å². The molecule has 2 rings (SSSR count). The zero-order valence-corrected chi connectivity index (χ0v) is 9.23. The van der Waals surface area contributed by atoms with Crippen molar-refractivity contribution in [3.63, 3.8) is 0 Å². The van der Waals surface area contributed by atoms with Gasteiger partial charge in [0.2, 0.25) is 0 Å². The standard InChI is InChI=1S/C13H20N2/c14-13(12-7-3-1-4-8-12)11-15-9-5-2-6-10-15/h1,3-4,7-8,13H,2,5-6,9-11,14H2/t13-/m1/s1. The van der Waals surface area contributed by atoms with Gasteiger partial charge in [0.25, 0.3) is 0 Å². The minimum absolute atomic E-state index is 0.171. The highest BCUT2D eigenvalue weighted by atomic mass is 15.1. The van der Waals surface area contributed by atoms with Gasteiger partial charge in [-0.3, -0.25) is 0 Å². The smallest absolute Gasteiger partial charge is 0.0424 e. The van der Waals surface area contributed by atoms with E-state index < -0.39 is 0 Å². The fourth-order valence-electron chi connectivity index (χ4n) is 2.23. The van der Waals surface area contributed by atoms with Crippen molar-refractivity contribution >= 4 is 0 Å². The first-order valence-corrected chi connectivity index (χ1v) is 5.89. The number of nitrogens with two attached hydrogens (primary N) is 1. The van der Waals surface area contributed by atoms with Gasteiger partial charge < -0.3 is 10.6 Å². The molecule has 1 atom stereocenters. The summed E-state index contributed by atoms with van der Waals surface area (Å²) < 4.78 is 0. The second-order valence-electron chi connectivity index (χ2n) is 4.38. The second kappa shape index (κ2) is 5.29. The number of hydrogen-bond acceptors (Lipinski definition) is 2. The number of rotatable bonds is 3. The van der Waals surface area contributed by atoms with Crippen molar-refractivity contribution in [3.8, 4) is 0 Å². The Balaban J connectivity index is 1.88. The molecule has 0 unspecified atom stereocenters. The lowest BCUT2D eigenvalue weighted by Gasteiger charge is -2.29. The van der Waals surface area contributed by atoms with Gasteiger partial charge in [-0.05, 0) is 31.5 Å². The van der Waals surface area contributed by atoms with Crippen LogP contribution in [0.4, 0.5) is 0 Å². The van der Waals surface area contributed by atoms with Crippen LogP contribution in [-0.4, -0.2) is 24.5 Å². The quantitative estimate of drug-likeness (QED) is 0.817. The Hall–Kier alpha value is -0.860. The minimum atomic E-state index is 0.171. The number of nitrogens with zero attached hydrogens (tertiary/aromatic N) is 1. The molecule has 2 heteroatoms. The molecular weight excluding hydrogens is 184 g/mol. The topological polar surface area (TPSA) is 29.3 Å². The molecule has 1 fully saturated rings. The van der Waals surface area contributed by atoms with Crippen molar-refractivity contribution in [3.05, 3.63) is 35.9 Å². The van der Waals surface area contributed by atoms with Crippen LogP contribution >= 0.6 is 0 Å². The Morgan fingerprint density at radius 1 is 1.07 bits per heavy atom. The van der Waals surface area contributed by atoms with Crippen LogP contribution in [0.25, 0.3) is 0 Å². The van der Waals surface area contributed by atoms with Gasteiger partial charge in [0, 0.05) is 12.6 Å². The van der Waals surface area contributed by atoms with Gasteiger partial charge in [-0.15, -0.1) is 0 Å². The first-order chi connectivity index (χ1) is 7.36. The lowest BCUT2D eigenvalue weighted by Crippen LogP contribution is -2.36. The van der Waals surface area contributed by atoms with Crippen LogP contribution in [0.1, 0.15) is 30.9 Å². The summed E-state index contributed by atoms with van der Waals surface area (Å²) in [6.45, 7) is 3.45. The predicted molar refractivity (Wildman–Crippen MR) is 63.7 cm³/mol. The number of hydrogen-bond donors (Lipinski definition) is 1. The van der Waals surface area contributed by atoms with E-state index in [0.717, 1.165) is 6.54 Å². The van der Waals surface area contributed by atoms with E-state index in [9.17, 15) is 0 Å². The van der Waals surface area contributed by atoms with Crippen molar-refractivity contribution in [2.24, 2.45) is 5.73 Å². The molecule has 0 aromatic heterocycles. The highest BCUT2D eigenvalue weighted by molar-refractivity contribution is 5.18. The third-order valence-electron chi connectivity index (χ3n) is 3.13. The second-order valence-corrected chi connectivity index (χ2v) is 4.38. The van der Waals surface area contributed by atoms with E-state index in [1.807, 2.05) is 6.07 Å². The largest absolute Gasteiger partial charge is 0.323 e. The van der Waals surface area contributed by atoms with E-state index >= 15 is 0 Å². The number of benzene rings is 1. The molecule has 1 aliphatic rings. The molecule has 2 nitrogen and oxygen atoms in total. The highest BCUT2D eigenvalue weighted by Crippen LogP contribution is 2.15. The Kier molecular flexibility index (Phi) is 3.75. The molecule has 1 aromatic carbocycles. The third kappa shape index (κ3) is 3.05. The molecule has 0 bridgehead atoms. The Morgan fingerprint density at radius 3 is 2.40 bits per heavy atom. The van der Waals surface area contributed by atoms with E-state index in [2.05, 4.69) is 29.2 Å². The highest BCUT2D eigenvalue weighted by Gasteiger charge is 2.14. The zero-order valence-electron chi connectivity index (χ0n) is 9.23. The van der Waals surface area contributed by atoms with Crippen molar-refractivity contribution in [1.82, 2.24) is 4.90 Å². The summed E-state index contributed by atoms with van der Waals surface area (Å²) in [6.07, 6.45) is 4.06. The van der Waals surface area contributed by atoms with E-state index in [-0.39, 0.29) is 6.04 Å². The van der Waals surface area contributed by atoms with Gasteiger partial charge in [-0.2, -0.15) is 0 Å². The molecule has 1 aliphatic heterocycles. The molecule has 1 heterocycles. The summed E-state index contributed by atoms with van der Waals surface area (Å²) in [5, 5.41) is 0. The van der Waals surface area contributed by atoms with E-state index in [4.69, 9.17) is 5.73 Å². The zero-order chi connectivity index (χ0) is 10.5. The number of piperidine rings is 1. The van der Waals surface area contributed by atoms with Gasteiger partial charge in [0.15, 0.2) is 0 Å². The normalized spacial score (nSPS) is 20.1. The van der Waals surface area contributed by atoms with Crippen molar-refractivity contribution in [2.45, 2.75) is 25.3 Å². The van der Waals surface area contributed by atoms with E-state index in [1.165, 1.54) is 37.9 Å². The molecule has 2 N–H and O–H groups in total. The fraction of sp³-hybridized carbons (Fsp3) is 0.538. The summed E-state index contributed by atoms with van der Waals surface area (Å²) in [4.78, 5) is 2.49. The molecule has 0 saturated carbocycles. The average Bonchev–Trinajstić information content (AvgIpc) is 2.31. The van der Waals surface area contributed by atoms with Crippen molar-refractivity contribution in [2.75, 3.05) is 19.6 Å². The third-order valence-corrected chi connectivity index (χ3v) is 3.13. The molecule has 0 radical (unpaired) electrons. The summed E-state index contributed by atoms with van der Waals surface area (Å²) >= 11 is 0. The van der Waals surface area contributed by atoms with Gasteiger partial charge >= 0.3 is 0 Å². The maximum Gasteiger partial charge on any atom is 0.0424 e. The maximum atomic E-state index is 6.18. The molecule has 0 spiro atoms. The van der Waals surface area contributed by atoms with Gasteiger partial charge in [0.05, 0.1) is 0 Å². The number of likely N-dealkylation sites (tertiary alicyclic amines) is 1. The molecule has 0 aliphatic carbocycles. The fourth-order valence-corrected chi connectivity index (χ4v) is 2.23. The van der Waals surface area contributed by atoms with Crippen LogP contribution < -0.4 is 5.73 Å². The molecule has 1 saturated heterocycles. The Bertz CT molecular complexity index is 278. The van der Waals surface area contributed by atoms with Crippen molar-refractivity contribution in [1.29, 1.82) is 0 Å². The van der Waals surface area contributed by atoms with Crippen LogP contribution in [-0.2, 0) is 0 Å². The summed E-state index contributed by atoms with van der Waals surface area (Å²) in [6, 6.07) is 10.6. The van der Waals surface area contributed by atoms with Crippen LogP contribution in [0.2, 0.25) is 0 Å². The first kappa shape index (κ1) is 10.7. The SMILES string of the molecule is N[C@H](CN1CCCCC1)c1ccccc1. The van der Waals surface area contributed by atoms with Crippen LogP contribution in [0, 0.1) is 0 Å². The molecule has 15 heavy (non-hydrogen) atoms. The summed E-state index contributed by atoms with van der Waals surface area (Å²) in [5.41, 5.74) is 7.44. The van der Waals surface area contributed by atoms with Crippen molar-refractivity contribution < 1.29 is 0 Å². The van der Waals surface area contributed by atoms with E-state index in [0.29, 0.717) is 0 Å².